The zero-order valence-corrected chi connectivity index (χ0v) is 11.9. The summed E-state index contributed by atoms with van der Waals surface area (Å²) in [7, 11) is 1.86. The molecule has 1 aromatic heterocycles. The Morgan fingerprint density at radius 1 is 1.76 bits per heavy atom. The second kappa shape index (κ2) is 6.07. The first-order valence-corrected chi connectivity index (χ1v) is 6.13. The van der Waals surface area contributed by atoms with Crippen molar-refractivity contribution in [3.8, 4) is 0 Å². The van der Waals surface area contributed by atoms with Gasteiger partial charge < -0.3 is 15.8 Å². The number of hydrogen-bond donors (Lipinski definition) is 2. The first-order valence-electron chi connectivity index (χ1n) is 4.96. The molecule has 1 unspecified atom stereocenters. The lowest BCUT2D eigenvalue weighted by atomic mass is 10.2. The number of hydrogen-bond acceptors (Lipinski definition) is 4. The summed E-state index contributed by atoms with van der Waals surface area (Å²) in [5, 5.41) is 12.0. The molecule has 0 aromatic carbocycles. The Labute approximate surface area is 113 Å². The zero-order chi connectivity index (χ0) is 13.0. The minimum Gasteiger partial charge on any atom is -0.409 e. The summed E-state index contributed by atoms with van der Waals surface area (Å²) in [5.74, 6) is 0.839. The van der Waals surface area contributed by atoms with Gasteiger partial charge in [0, 0.05) is 30.2 Å². The largest absolute Gasteiger partial charge is 0.409 e. The van der Waals surface area contributed by atoms with E-state index in [1.165, 1.54) is 0 Å². The molecule has 0 aliphatic rings. The molecule has 0 fully saturated rings. The van der Waals surface area contributed by atoms with Crippen LogP contribution < -0.4 is 10.6 Å². The van der Waals surface area contributed by atoms with Crippen molar-refractivity contribution in [1.29, 1.82) is 0 Å². The lowest BCUT2D eigenvalue weighted by molar-refractivity contribution is 0.316. The number of oxime groups is 1. The molecule has 0 amide bonds. The first kappa shape index (κ1) is 14.1. The van der Waals surface area contributed by atoms with Gasteiger partial charge in [0.15, 0.2) is 0 Å². The molecule has 1 heterocycles. The molecular formula is C10H14BrClN4O. The minimum absolute atomic E-state index is 0.0251. The lowest BCUT2D eigenvalue weighted by Crippen LogP contribution is -2.33. The van der Waals surface area contributed by atoms with Crippen LogP contribution in [0.25, 0.3) is 0 Å². The number of amidine groups is 1. The summed E-state index contributed by atoms with van der Waals surface area (Å²) >= 11 is 9.39. The molecule has 0 saturated carbocycles. The lowest BCUT2D eigenvalue weighted by Gasteiger charge is -2.26. The van der Waals surface area contributed by atoms with Gasteiger partial charge in [-0.1, -0.05) is 16.8 Å². The fraction of sp³-hybridized carbons (Fsp3) is 0.400. The Morgan fingerprint density at radius 3 is 2.94 bits per heavy atom. The predicted molar refractivity (Wildman–Crippen MR) is 72.8 cm³/mol. The highest BCUT2D eigenvalue weighted by Crippen LogP contribution is 2.26. The van der Waals surface area contributed by atoms with E-state index in [9.17, 15) is 0 Å². The highest BCUT2D eigenvalue weighted by Gasteiger charge is 2.15. The minimum atomic E-state index is 0.0251. The summed E-state index contributed by atoms with van der Waals surface area (Å²) in [6.07, 6.45) is 2.11. The third-order valence-electron chi connectivity index (χ3n) is 2.42. The molecule has 94 valence electrons. The maximum absolute atomic E-state index is 8.52. The Balaban J connectivity index is 2.85. The summed E-state index contributed by atoms with van der Waals surface area (Å²) in [5.41, 5.74) is 5.46. The van der Waals surface area contributed by atoms with Gasteiger partial charge in [0.25, 0.3) is 0 Å². The summed E-state index contributed by atoms with van der Waals surface area (Å²) in [6.45, 7) is 1.94. The number of nitrogens with zero attached hydrogens (tertiary/aromatic N) is 3. The van der Waals surface area contributed by atoms with Crippen molar-refractivity contribution in [1.82, 2.24) is 4.98 Å². The van der Waals surface area contributed by atoms with E-state index in [1.807, 2.05) is 18.9 Å². The molecule has 0 spiro atoms. The molecule has 0 aliphatic carbocycles. The smallest absolute Gasteiger partial charge is 0.147 e. The molecule has 0 radical (unpaired) electrons. The molecular weight excluding hydrogens is 307 g/mol. The van der Waals surface area contributed by atoms with Crippen LogP contribution in [0.1, 0.15) is 13.3 Å². The van der Waals surface area contributed by atoms with Gasteiger partial charge in [-0.25, -0.2) is 4.98 Å². The Morgan fingerprint density at radius 2 is 2.41 bits per heavy atom. The monoisotopic (exact) mass is 320 g/mol. The van der Waals surface area contributed by atoms with Crippen molar-refractivity contribution in [2.45, 2.75) is 19.4 Å². The van der Waals surface area contributed by atoms with Crippen molar-refractivity contribution in [3.05, 3.63) is 21.8 Å². The molecule has 5 nitrogen and oxygen atoms in total. The normalized spacial score (nSPS) is 13.5. The number of nitrogens with two attached hydrogens (primary N) is 1. The summed E-state index contributed by atoms with van der Waals surface area (Å²) in [6, 6.07) is 1.80. The zero-order valence-electron chi connectivity index (χ0n) is 9.56. The van der Waals surface area contributed by atoms with E-state index in [4.69, 9.17) is 22.5 Å². The Bertz CT molecular complexity index is 427. The van der Waals surface area contributed by atoms with Crippen LogP contribution in [-0.4, -0.2) is 29.1 Å². The molecule has 0 saturated heterocycles. The SMILES string of the molecule is CC(CC(N)=NO)N(C)c1ncc(Br)cc1Cl. The molecule has 0 aliphatic heterocycles. The van der Waals surface area contributed by atoms with Crippen LogP contribution in [0.3, 0.4) is 0 Å². The van der Waals surface area contributed by atoms with Crippen molar-refractivity contribution in [2.24, 2.45) is 10.9 Å². The van der Waals surface area contributed by atoms with Crippen LogP contribution in [0.4, 0.5) is 5.82 Å². The average molecular weight is 322 g/mol. The molecule has 7 heteroatoms. The predicted octanol–water partition coefficient (Wildman–Crippen LogP) is 2.46. The van der Waals surface area contributed by atoms with Gasteiger partial charge in [-0.2, -0.15) is 0 Å². The third kappa shape index (κ3) is 3.74. The van der Waals surface area contributed by atoms with Crippen LogP contribution in [0.15, 0.2) is 21.9 Å². The van der Waals surface area contributed by atoms with Crippen LogP contribution >= 0.6 is 27.5 Å². The summed E-state index contributed by atoms with van der Waals surface area (Å²) in [4.78, 5) is 6.12. The van der Waals surface area contributed by atoms with Crippen LogP contribution in [-0.2, 0) is 0 Å². The van der Waals surface area contributed by atoms with E-state index in [-0.39, 0.29) is 11.9 Å². The van der Waals surface area contributed by atoms with Gasteiger partial charge in [0.1, 0.15) is 11.7 Å². The van der Waals surface area contributed by atoms with Gasteiger partial charge >= 0.3 is 0 Å². The van der Waals surface area contributed by atoms with Gasteiger partial charge in [0.05, 0.1) is 5.02 Å². The quantitative estimate of drug-likeness (QED) is 0.387. The fourth-order valence-electron chi connectivity index (χ4n) is 1.36. The van der Waals surface area contributed by atoms with Crippen molar-refractivity contribution < 1.29 is 5.21 Å². The third-order valence-corrected chi connectivity index (χ3v) is 3.13. The maximum Gasteiger partial charge on any atom is 0.147 e. The van der Waals surface area contributed by atoms with E-state index >= 15 is 0 Å². The topological polar surface area (TPSA) is 74.7 Å². The van der Waals surface area contributed by atoms with E-state index in [0.717, 1.165) is 4.47 Å². The maximum atomic E-state index is 8.52. The summed E-state index contributed by atoms with van der Waals surface area (Å²) < 4.78 is 0.823. The van der Waals surface area contributed by atoms with Crippen LogP contribution in [0.5, 0.6) is 0 Å². The molecule has 17 heavy (non-hydrogen) atoms. The van der Waals surface area contributed by atoms with E-state index in [1.54, 1.807) is 12.3 Å². The van der Waals surface area contributed by atoms with Crippen LogP contribution in [0.2, 0.25) is 5.02 Å². The number of rotatable bonds is 4. The number of halogens is 2. The van der Waals surface area contributed by atoms with Gasteiger partial charge in [-0.05, 0) is 28.9 Å². The second-order valence-electron chi connectivity index (χ2n) is 3.71. The van der Waals surface area contributed by atoms with Crippen molar-refractivity contribution >= 4 is 39.2 Å². The molecule has 0 bridgehead atoms. The molecule has 1 atom stereocenters. The first-order chi connectivity index (χ1) is 7.95. The molecule has 3 N–H and O–H groups in total. The van der Waals surface area contributed by atoms with E-state index in [0.29, 0.717) is 17.3 Å². The van der Waals surface area contributed by atoms with Crippen molar-refractivity contribution in [3.63, 3.8) is 0 Å². The van der Waals surface area contributed by atoms with Gasteiger partial charge in [0.2, 0.25) is 0 Å². The van der Waals surface area contributed by atoms with Gasteiger partial charge in [-0.3, -0.25) is 0 Å². The van der Waals surface area contributed by atoms with Crippen molar-refractivity contribution in [2.75, 3.05) is 11.9 Å². The van der Waals surface area contributed by atoms with E-state index < -0.39 is 0 Å². The second-order valence-corrected chi connectivity index (χ2v) is 5.04. The number of pyridine rings is 1. The van der Waals surface area contributed by atoms with E-state index in [2.05, 4.69) is 26.1 Å². The number of anilines is 1. The molecule has 1 aromatic rings. The fourth-order valence-corrected chi connectivity index (χ4v) is 2.12. The Hall–Kier alpha value is -1.01. The average Bonchev–Trinajstić information content (AvgIpc) is 2.28. The highest BCUT2D eigenvalue weighted by molar-refractivity contribution is 9.10. The Kier molecular flexibility index (Phi) is 5.02. The molecule has 1 rings (SSSR count). The van der Waals surface area contributed by atoms with Gasteiger partial charge in [-0.15, -0.1) is 0 Å². The highest BCUT2D eigenvalue weighted by atomic mass is 79.9. The standard InChI is InChI=1S/C10H14BrClN4O/c1-6(3-9(13)15-17)16(2)10-8(12)4-7(11)5-14-10/h4-6,17H,3H2,1-2H3,(H2,13,15). The number of aromatic nitrogens is 1. The van der Waals surface area contributed by atoms with Crippen LogP contribution in [0, 0.1) is 0 Å².